The molecule has 174 valence electrons. The molecule has 1 heterocycles. The first-order chi connectivity index (χ1) is 15.8. The summed E-state index contributed by atoms with van der Waals surface area (Å²) in [5, 5.41) is 0.384. The highest BCUT2D eigenvalue weighted by atomic mass is 35.5. The Balaban J connectivity index is 1.65. The summed E-state index contributed by atoms with van der Waals surface area (Å²) in [5.41, 5.74) is 3.56. The highest BCUT2D eigenvalue weighted by Crippen LogP contribution is 2.34. The summed E-state index contributed by atoms with van der Waals surface area (Å²) in [6.07, 6.45) is 2.66. The summed E-state index contributed by atoms with van der Waals surface area (Å²) in [6.45, 7) is 1.85. The molecule has 3 aromatic rings. The Morgan fingerprint density at radius 1 is 1.06 bits per heavy atom. The van der Waals surface area contributed by atoms with E-state index < -0.39 is 10.0 Å². The van der Waals surface area contributed by atoms with Crippen molar-refractivity contribution >= 4 is 27.3 Å². The second-order valence-corrected chi connectivity index (χ2v) is 9.80. The Labute approximate surface area is 198 Å². The van der Waals surface area contributed by atoms with Gasteiger partial charge in [0.2, 0.25) is 5.88 Å². The van der Waals surface area contributed by atoms with E-state index >= 15 is 0 Å². The van der Waals surface area contributed by atoms with Crippen LogP contribution in [-0.2, 0) is 29.5 Å². The molecule has 7 nitrogen and oxygen atoms in total. The van der Waals surface area contributed by atoms with Crippen LogP contribution in [0.25, 0.3) is 0 Å². The van der Waals surface area contributed by atoms with Crippen LogP contribution in [0.1, 0.15) is 28.8 Å². The fourth-order valence-corrected chi connectivity index (χ4v) is 5.38. The van der Waals surface area contributed by atoms with E-state index in [1.165, 1.54) is 6.07 Å². The van der Waals surface area contributed by atoms with Crippen LogP contribution in [0.15, 0.2) is 47.4 Å². The van der Waals surface area contributed by atoms with Gasteiger partial charge in [-0.05, 0) is 73.2 Å². The van der Waals surface area contributed by atoms with Gasteiger partial charge < -0.3 is 14.2 Å². The number of benzene rings is 2. The fraction of sp³-hybridized carbons (Fsp3) is 0.292. The van der Waals surface area contributed by atoms with Gasteiger partial charge in [0.25, 0.3) is 10.0 Å². The molecule has 0 aliphatic heterocycles. The Kier molecular flexibility index (Phi) is 6.67. The third kappa shape index (κ3) is 4.86. The Hall–Kier alpha value is -2.97. The SMILES string of the molecule is COc1ccc(COc2nc3c(cc2NS(=O)(=O)c2cccc(Cl)c2C)CCC3)cc1OC. The molecule has 9 heteroatoms. The maximum absolute atomic E-state index is 13.2. The summed E-state index contributed by atoms with van der Waals surface area (Å²) in [6, 6.07) is 12.1. The number of fused-ring (bicyclic) bond motifs is 1. The van der Waals surface area contributed by atoms with Crippen molar-refractivity contribution in [3.8, 4) is 17.4 Å². The van der Waals surface area contributed by atoms with Crippen molar-refractivity contribution in [2.45, 2.75) is 37.7 Å². The molecular formula is C24H25ClN2O5S. The van der Waals surface area contributed by atoms with Gasteiger partial charge in [-0.2, -0.15) is 0 Å². The fourth-order valence-electron chi connectivity index (χ4n) is 3.84. The molecule has 0 amide bonds. The zero-order valence-corrected chi connectivity index (χ0v) is 20.2. The molecule has 0 fully saturated rings. The van der Waals surface area contributed by atoms with Crippen LogP contribution in [0, 0.1) is 6.92 Å². The molecule has 0 spiro atoms. The molecule has 2 aromatic carbocycles. The average molecular weight is 489 g/mol. The highest BCUT2D eigenvalue weighted by Gasteiger charge is 2.24. The van der Waals surface area contributed by atoms with E-state index in [0.29, 0.717) is 27.8 Å². The van der Waals surface area contributed by atoms with E-state index in [9.17, 15) is 8.42 Å². The van der Waals surface area contributed by atoms with E-state index in [-0.39, 0.29) is 17.4 Å². The predicted molar refractivity (Wildman–Crippen MR) is 127 cm³/mol. The van der Waals surface area contributed by atoms with Gasteiger partial charge in [0, 0.05) is 10.7 Å². The number of nitrogens with zero attached hydrogens (tertiary/aromatic N) is 1. The number of methoxy groups -OCH3 is 2. The number of nitrogens with one attached hydrogen (secondary N) is 1. The lowest BCUT2D eigenvalue weighted by Crippen LogP contribution is -2.16. The molecule has 0 unspecified atom stereocenters. The topological polar surface area (TPSA) is 86.8 Å². The van der Waals surface area contributed by atoms with Gasteiger partial charge in [-0.3, -0.25) is 4.72 Å². The van der Waals surface area contributed by atoms with E-state index in [4.69, 9.17) is 25.8 Å². The number of rotatable bonds is 8. The van der Waals surface area contributed by atoms with Crippen molar-refractivity contribution in [3.63, 3.8) is 0 Å². The van der Waals surface area contributed by atoms with Crippen LogP contribution in [0.2, 0.25) is 5.02 Å². The number of hydrogen-bond donors (Lipinski definition) is 1. The summed E-state index contributed by atoms with van der Waals surface area (Å²) in [7, 11) is -0.763. The number of pyridine rings is 1. The zero-order valence-electron chi connectivity index (χ0n) is 18.6. The predicted octanol–water partition coefficient (Wildman–Crippen LogP) is 4.93. The second-order valence-electron chi connectivity index (χ2n) is 7.75. The monoisotopic (exact) mass is 488 g/mol. The number of halogens is 1. The van der Waals surface area contributed by atoms with Crippen LogP contribution in [0.3, 0.4) is 0 Å². The largest absolute Gasteiger partial charge is 0.493 e. The molecule has 4 rings (SSSR count). The number of ether oxygens (including phenoxy) is 3. The molecule has 0 saturated heterocycles. The van der Waals surface area contributed by atoms with Gasteiger partial charge in [-0.15, -0.1) is 0 Å². The minimum absolute atomic E-state index is 0.112. The third-order valence-electron chi connectivity index (χ3n) is 5.59. The first-order valence-corrected chi connectivity index (χ1v) is 12.3. The van der Waals surface area contributed by atoms with Crippen LogP contribution < -0.4 is 18.9 Å². The van der Waals surface area contributed by atoms with Gasteiger partial charge in [0.15, 0.2) is 11.5 Å². The van der Waals surface area contributed by atoms with Crippen molar-refractivity contribution < 1.29 is 22.6 Å². The second kappa shape index (κ2) is 9.49. The lowest BCUT2D eigenvalue weighted by molar-refractivity contribution is 0.293. The zero-order chi connectivity index (χ0) is 23.6. The summed E-state index contributed by atoms with van der Waals surface area (Å²) < 4.78 is 45.6. The van der Waals surface area contributed by atoms with Gasteiger partial charge in [0.1, 0.15) is 12.3 Å². The number of hydrogen-bond acceptors (Lipinski definition) is 6. The molecule has 0 radical (unpaired) electrons. The van der Waals surface area contributed by atoms with Crippen molar-refractivity contribution in [3.05, 3.63) is 69.9 Å². The molecule has 33 heavy (non-hydrogen) atoms. The number of aryl methyl sites for hydroxylation is 2. The standard InChI is InChI=1S/C24H25ClN2O5S/c1-15-18(25)7-5-9-23(15)33(28,29)27-20-13-17-6-4-8-19(17)26-24(20)32-14-16-10-11-21(30-2)22(12-16)31-3/h5,7,9-13,27H,4,6,8,14H2,1-3H3. The molecule has 0 atom stereocenters. The maximum Gasteiger partial charge on any atom is 0.262 e. The van der Waals surface area contributed by atoms with Gasteiger partial charge in [-0.1, -0.05) is 23.7 Å². The summed E-state index contributed by atoms with van der Waals surface area (Å²) in [5.74, 6) is 1.42. The van der Waals surface area contributed by atoms with Crippen molar-refractivity contribution in [1.29, 1.82) is 0 Å². The Bertz CT molecular complexity index is 1290. The molecular weight excluding hydrogens is 464 g/mol. The van der Waals surface area contributed by atoms with Crippen LogP contribution in [0.4, 0.5) is 5.69 Å². The quantitative estimate of drug-likeness (QED) is 0.484. The average Bonchev–Trinajstić information content (AvgIpc) is 3.25. The van der Waals surface area contributed by atoms with Gasteiger partial charge >= 0.3 is 0 Å². The minimum atomic E-state index is -3.90. The van der Waals surface area contributed by atoms with E-state index in [1.807, 2.05) is 18.2 Å². The first kappa shape index (κ1) is 23.2. The smallest absolute Gasteiger partial charge is 0.262 e. The van der Waals surface area contributed by atoms with Crippen LogP contribution in [0.5, 0.6) is 17.4 Å². The Morgan fingerprint density at radius 3 is 2.61 bits per heavy atom. The lowest BCUT2D eigenvalue weighted by Gasteiger charge is -2.16. The van der Waals surface area contributed by atoms with Crippen molar-refractivity contribution in [1.82, 2.24) is 4.98 Å². The van der Waals surface area contributed by atoms with E-state index in [2.05, 4.69) is 9.71 Å². The molecule has 1 aliphatic carbocycles. The summed E-state index contributed by atoms with van der Waals surface area (Å²) >= 11 is 6.15. The molecule has 0 bridgehead atoms. The normalized spacial score (nSPS) is 12.8. The molecule has 1 aliphatic rings. The third-order valence-corrected chi connectivity index (χ3v) is 7.51. The van der Waals surface area contributed by atoms with Crippen molar-refractivity contribution in [2.75, 3.05) is 18.9 Å². The summed E-state index contributed by atoms with van der Waals surface area (Å²) in [4.78, 5) is 4.74. The molecule has 1 N–H and O–H groups in total. The number of anilines is 1. The van der Waals surface area contributed by atoms with Crippen LogP contribution in [-0.4, -0.2) is 27.6 Å². The molecule has 0 saturated carbocycles. The maximum atomic E-state index is 13.2. The lowest BCUT2D eigenvalue weighted by atomic mass is 10.2. The van der Waals surface area contributed by atoms with Gasteiger partial charge in [-0.25, -0.2) is 13.4 Å². The van der Waals surface area contributed by atoms with E-state index in [0.717, 1.165) is 36.1 Å². The van der Waals surface area contributed by atoms with E-state index in [1.54, 1.807) is 39.3 Å². The van der Waals surface area contributed by atoms with Crippen LogP contribution >= 0.6 is 11.6 Å². The highest BCUT2D eigenvalue weighted by molar-refractivity contribution is 7.92. The number of sulfonamides is 1. The number of aromatic nitrogens is 1. The van der Waals surface area contributed by atoms with Gasteiger partial charge in [0.05, 0.1) is 19.1 Å². The molecule has 1 aromatic heterocycles. The van der Waals surface area contributed by atoms with Crippen molar-refractivity contribution in [2.24, 2.45) is 0 Å². The Morgan fingerprint density at radius 2 is 1.85 bits per heavy atom. The minimum Gasteiger partial charge on any atom is -0.493 e. The first-order valence-electron chi connectivity index (χ1n) is 10.5.